The summed E-state index contributed by atoms with van der Waals surface area (Å²) in [6.45, 7) is 5.50. The number of rotatable bonds is 8. The molecule has 1 atom stereocenters. The average molecular weight is 498 g/mol. The van der Waals surface area contributed by atoms with Crippen LogP contribution in [0.15, 0.2) is 72.1 Å². The molecule has 0 fully saturated rings. The molecular weight excluding hydrogens is 470 g/mol. The highest BCUT2D eigenvalue weighted by Gasteiger charge is 2.33. The van der Waals surface area contributed by atoms with Gasteiger partial charge in [-0.15, -0.1) is 11.3 Å². The lowest BCUT2D eigenvalue weighted by Gasteiger charge is -2.34. The number of nitrogens with one attached hydrogen (secondary N) is 2. The molecule has 3 rings (SSSR count). The number of carbonyl (C=O) groups is 3. The van der Waals surface area contributed by atoms with Crippen LogP contribution in [0.4, 0.5) is 0 Å². The number of hydrogen-bond donors (Lipinski definition) is 2. The maximum Gasteiger partial charge on any atom is 0.261 e. The Kier molecular flexibility index (Phi) is 8.47. The standard InChI is InChI=1S/C26H28ClN3O3S/c1-26(2,3)29-25(33)23(18-10-5-4-6-11-18)30(17-19-12-7-8-13-20(19)27)22(31)16-28-24(32)21-14-9-15-34-21/h4-15,23H,16-17H2,1-3H3,(H,28,32)(H,29,33). The fourth-order valence-electron chi connectivity index (χ4n) is 3.43. The molecule has 1 heterocycles. The number of thiophene rings is 1. The molecule has 3 aromatic rings. The largest absolute Gasteiger partial charge is 0.349 e. The van der Waals surface area contributed by atoms with Crippen LogP contribution in [0.2, 0.25) is 5.02 Å². The highest BCUT2D eigenvalue weighted by molar-refractivity contribution is 7.12. The van der Waals surface area contributed by atoms with Crippen molar-refractivity contribution in [3.8, 4) is 0 Å². The first kappa shape index (κ1) is 25.5. The van der Waals surface area contributed by atoms with Gasteiger partial charge in [-0.05, 0) is 49.4 Å². The molecule has 2 N–H and O–H groups in total. The van der Waals surface area contributed by atoms with Crippen molar-refractivity contribution in [3.05, 3.63) is 93.1 Å². The van der Waals surface area contributed by atoms with Crippen LogP contribution in [0.3, 0.4) is 0 Å². The Morgan fingerprint density at radius 3 is 2.26 bits per heavy atom. The second-order valence-electron chi connectivity index (χ2n) is 8.83. The number of carbonyl (C=O) groups excluding carboxylic acids is 3. The van der Waals surface area contributed by atoms with Gasteiger partial charge >= 0.3 is 0 Å². The van der Waals surface area contributed by atoms with E-state index in [9.17, 15) is 14.4 Å². The quantitative estimate of drug-likeness (QED) is 0.468. The van der Waals surface area contributed by atoms with Gasteiger partial charge in [-0.3, -0.25) is 14.4 Å². The van der Waals surface area contributed by atoms with Crippen molar-refractivity contribution in [2.45, 2.75) is 38.9 Å². The van der Waals surface area contributed by atoms with Gasteiger partial charge in [-0.25, -0.2) is 0 Å². The molecule has 0 aliphatic rings. The van der Waals surface area contributed by atoms with Gasteiger partial charge in [0.1, 0.15) is 6.04 Å². The summed E-state index contributed by atoms with van der Waals surface area (Å²) in [5.74, 6) is -1.05. The number of hydrogen-bond acceptors (Lipinski definition) is 4. The lowest BCUT2D eigenvalue weighted by Crippen LogP contribution is -2.50. The molecule has 34 heavy (non-hydrogen) atoms. The third kappa shape index (κ3) is 6.92. The van der Waals surface area contributed by atoms with Crippen LogP contribution in [0.25, 0.3) is 0 Å². The van der Waals surface area contributed by atoms with E-state index >= 15 is 0 Å². The summed E-state index contributed by atoms with van der Waals surface area (Å²) in [5, 5.41) is 7.95. The summed E-state index contributed by atoms with van der Waals surface area (Å²) in [6, 6.07) is 18.9. The second-order valence-corrected chi connectivity index (χ2v) is 10.2. The first-order valence-corrected chi connectivity index (χ1v) is 12.1. The second kappa shape index (κ2) is 11.3. The van der Waals surface area contributed by atoms with Crippen LogP contribution >= 0.6 is 22.9 Å². The van der Waals surface area contributed by atoms with E-state index in [4.69, 9.17) is 11.6 Å². The minimum Gasteiger partial charge on any atom is -0.349 e. The number of amides is 3. The zero-order valence-corrected chi connectivity index (χ0v) is 21.0. The molecule has 1 unspecified atom stereocenters. The fraction of sp³-hybridized carbons (Fsp3) is 0.269. The lowest BCUT2D eigenvalue weighted by atomic mass is 10.0. The molecule has 0 saturated carbocycles. The van der Waals surface area contributed by atoms with Gasteiger partial charge in [0.2, 0.25) is 11.8 Å². The Hall–Kier alpha value is -3.16. The Balaban J connectivity index is 1.95. The monoisotopic (exact) mass is 497 g/mol. The van der Waals surface area contributed by atoms with E-state index in [1.165, 1.54) is 16.2 Å². The molecule has 178 valence electrons. The number of benzene rings is 2. The minimum atomic E-state index is -0.914. The van der Waals surface area contributed by atoms with Crippen LogP contribution < -0.4 is 10.6 Å². The number of nitrogens with zero attached hydrogens (tertiary/aromatic N) is 1. The van der Waals surface area contributed by atoms with Crippen molar-refractivity contribution in [1.82, 2.24) is 15.5 Å². The zero-order chi connectivity index (χ0) is 24.7. The summed E-state index contributed by atoms with van der Waals surface area (Å²) in [6.07, 6.45) is 0. The zero-order valence-electron chi connectivity index (χ0n) is 19.4. The van der Waals surface area contributed by atoms with Crippen LogP contribution in [-0.2, 0) is 16.1 Å². The van der Waals surface area contributed by atoms with E-state index in [-0.39, 0.29) is 24.9 Å². The van der Waals surface area contributed by atoms with E-state index in [0.717, 1.165) is 0 Å². The molecule has 0 radical (unpaired) electrons. The Morgan fingerprint density at radius 1 is 0.971 bits per heavy atom. The molecule has 0 aliphatic carbocycles. The van der Waals surface area contributed by atoms with Gasteiger partial charge in [-0.1, -0.05) is 66.2 Å². The Bertz CT molecular complexity index is 1130. The fourth-order valence-corrected chi connectivity index (χ4v) is 4.27. The van der Waals surface area contributed by atoms with Crippen molar-refractivity contribution >= 4 is 40.7 Å². The van der Waals surface area contributed by atoms with Crippen molar-refractivity contribution in [2.75, 3.05) is 6.54 Å². The van der Waals surface area contributed by atoms with Gasteiger partial charge in [-0.2, -0.15) is 0 Å². The maximum atomic E-state index is 13.5. The molecule has 1 aromatic heterocycles. The van der Waals surface area contributed by atoms with E-state index in [2.05, 4.69) is 10.6 Å². The van der Waals surface area contributed by atoms with Gasteiger partial charge < -0.3 is 15.5 Å². The third-order valence-corrected chi connectivity index (χ3v) is 6.17. The van der Waals surface area contributed by atoms with Crippen LogP contribution in [0.5, 0.6) is 0 Å². The van der Waals surface area contributed by atoms with Gasteiger partial charge in [0.15, 0.2) is 0 Å². The molecule has 0 spiro atoms. The summed E-state index contributed by atoms with van der Waals surface area (Å²) >= 11 is 7.69. The summed E-state index contributed by atoms with van der Waals surface area (Å²) in [7, 11) is 0. The van der Waals surface area contributed by atoms with Crippen LogP contribution in [0.1, 0.15) is 47.6 Å². The highest BCUT2D eigenvalue weighted by Crippen LogP contribution is 2.27. The lowest BCUT2D eigenvalue weighted by molar-refractivity contribution is -0.141. The van der Waals surface area contributed by atoms with Gasteiger partial charge in [0.05, 0.1) is 11.4 Å². The number of halogens is 1. The summed E-state index contributed by atoms with van der Waals surface area (Å²) in [5.41, 5.74) is 0.859. The molecule has 6 nitrogen and oxygen atoms in total. The van der Waals surface area contributed by atoms with Gasteiger partial charge in [0.25, 0.3) is 5.91 Å². The smallest absolute Gasteiger partial charge is 0.261 e. The van der Waals surface area contributed by atoms with Gasteiger partial charge in [0, 0.05) is 17.1 Å². The topological polar surface area (TPSA) is 78.5 Å². The first-order chi connectivity index (χ1) is 16.2. The van der Waals surface area contributed by atoms with E-state index in [1.807, 2.05) is 63.2 Å². The van der Waals surface area contributed by atoms with E-state index in [1.54, 1.807) is 29.6 Å². The molecule has 0 bridgehead atoms. The van der Waals surface area contributed by atoms with Crippen molar-refractivity contribution in [3.63, 3.8) is 0 Å². The predicted octanol–water partition coefficient (Wildman–Crippen LogP) is 4.82. The molecular formula is C26H28ClN3O3S. The molecule has 0 aliphatic heterocycles. The van der Waals surface area contributed by atoms with Crippen molar-refractivity contribution in [1.29, 1.82) is 0 Å². The minimum absolute atomic E-state index is 0.102. The normalized spacial score (nSPS) is 12.0. The average Bonchev–Trinajstić information content (AvgIpc) is 3.33. The molecule has 3 amide bonds. The van der Waals surface area contributed by atoms with Crippen molar-refractivity contribution in [2.24, 2.45) is 0 Å². The van der Waals surface area contributed by atoms with Crippen molar-refractivity contribution < 1.29 is 14.4 Å². The van der Waals surface area contributed by atoms with E-state index in [0.29, 0.717) is 21.0 Å². The third-order valence-electron chi connectivity index (χ3n) is 4.94. The molecule has 2 aromatic carbocycles. The first-order valence-electron chi connectivity index (χ1n) is 10.9. The summed E-state index contributed by atoms with van der Waals surface area (Å²) < 4.78 is 0. The summed E-state index contributed by atoms with van der Waals surface area (Å²) in [4.78, 5) is 41.4. The Morgan fingerprint density at radius 2 is 1.65 bits per heavy atom. The Labute approximate surface area is 208 Å². The predicted molar refractivity (Wildman–Crippen MR) is 136 cm³/mol. The highest BCUT2D eigenvalue weighted by atomic mass is 35.5. The maximum absolute atomic E-state index is 13.5. The SMILES string of the molecule is CC(C)(C)NC(=O)C(c1ccccc1)N(Cc1ccccc1Cl)C(=O)CNC(=O)c1cccs1. The van der Waals surface area contributed by atoms with Crippen LogP contribution in [-0.4, -0.2) is 34.7 Å². The molecule has 8 heteroatoms. The molecule has 0 saturated heterocycles. The van der Waals surface area contributed by atoms with E-state index < -0.39 is 17.5 Å². The van der Waals surface area contributed by atoms with Crippen LogP contribution in [0, 0.1) is 0 Å².